The molecule has 1 heterocycles. The van der Waals surface area contributed by atoms with Crippen LogP contribution in [0.4, 0.5) is 15.8 Å². The number of halogens is 1. The van der Waals surface area contributed by atoms with E-state index < -0.39 is 17.6 Å². The summed E-state index contributed by atoms with van der Waals surface area (Å²) in [7, 11) is 1.72. The maximum Gasteiger partial charge on any atom is 0.282 e. The second-order valence-electron chi connectivity index (χ2n) is 7.39. The zero-order valence-corrected chi connectivity index (χ0v) is 17.9. The molecule has 6 heteroatoms. The van der Waals surface area contributed by atoms with Crippen molar-refractivity contribution in [1.29, 1.82) is 0 Å². The summed E-state index contributed by atoms with van der Waals surface area (Å²) >= 11 is 0. The van der Waals surface area contributed by atoms with Gasteiger partial charge in [0.1, 0.15) is 17.3 Å². The molecule has 0 N–H and O–H groups in total. The van der Waals surface area contributed by atoms with Crippen LogP contribution >= 0.6 is 0 Å². The van der Waals surface area contributed by atoms with Crippen molar-refractivity contribution in [1.82, 2.24) is 0 Å². The number of carbonyl (C=O) groups is 2. The lowest BCUT2D eigenvalue weighted by Gasteiger charge is -2.21. The van der Waals surface area contributed by atoms with Crippen molar-refractivity contribution < 1.29 is 18.7 Å². The fourth-order valence-electron chi connectivity index (χ4n) is 3.66. The number of anilines is 2. The standard InChI is InChI=1S/C26H23FN2O3/c1-3-17-32-20-15-13-18(14-16-20)23-24(28(2)19-9-5-4-6-10-19)26(31)29(25(23)30)22-12-8-7-11-21(22)27/h4-16H,3,17H2,1-2H3. The highest BCUT2D eigenvalue weighted by molar-refractivity contribution is 6.46. The molecular weight excluding hydrogens is 407 g/mol. The third kappa shape index (κ3) is 3.87. The average Bonchev–Trinajstić information content (AvgIpc) is 3.08. The third-order valence-corrected chi connectivity index (χ3v) is 5.25. The summed E-state index contributed by atoms with van der Waals surface area (Å²) in [6.07, 6.45) is 0.878. The number of likely N-dealkylation sites (N-methyl/N-ethyl adjacent to an activating group) is 1. The van der Waals surface area contributed by atoms with Gasteiger partial charge < -0.3 is 9.64 Å². The molecule has 3 aromatic carbocycles. The van der Waals surface area contributed by atoms with Crippen LogP contribution in [0.25, 0.3) is 5.57 Å². The van der Waals surface area contributed by atoms with Gasteiger partial charge in [-0.15, -0.1) is 0 Å². The van der Waals surface area contributed by atoms with Gasteiger partial charge in [-0.3, -0.25) is 9.59 Å². The predicted octanol–water partition coefficient (Wildman–Crippen LogP) is 5.04. The van der Waals surface area contributed by atoms with E-state index in [1.54, 1.807) is 42.3 Å². The molecule has 5 nitrogen and oxygen atoms in total. The first-order valence-corrected chi connectivity index (χ1v) is 10.4. The van der Waals surface area contributed by atoms with E-state index in [2.05, 4.69) is 0 Å². The Morgan fingerprint density at radius 1 is 0.875 bits per heavy atom. The van der Waals surface area contributed by atoms with Crippen molar-refractivity contribution in [2.75, 3.05) is 23.5 Å². The minimum Gasteiger partial charge on any atom is -0.494 e. The van der Waals surface area contributed by atoms with Crippen LogP contribution in [0.5, 0.6) is 5.75 Å². The number of para-hydroxylation sites is 2. The monoisotopic (exact) mass is 430 g/mol. The number of ether oxygens (including phenoxy) is 1. The molecule has 0 spiro atoms. The maximum absolute atomic E-state index is 14.5. The van der Waals surface area contributed by atoms with Gasteiger partial charge in [0.05, 0.1) is 17.9 Å². The number of benzene rings is 3. The van der Waals surface area contributed by atoms with E-state index in [4.69, 9.17) is 4.74 Å². The van der Waals surface area contributed by atoms with Gasteiger partial charge in [0.15, 0.2) is 0 Å². The zero-order chi connectivity index (χ0) is 22.7. The van der Waals surface area contributed by atoms with Crippen molar-refractivity contribution in [3.63, 3.8) is 0 Å². The van der Waals surface area contributed by atoms with E-state index in [-0.39, 0.29) is 17.0 Å². The van der Waals surface area contributed by atoms with Crippen molar-refractivity contribution in [3.8, 4) is 5.75 Å². The minimum absolute atomic E-state index is 0.0700. The highest BCUT2D eigenvalue weighted by atomic mass is 19.1. The lowest BCUT2D eigenvalue weighted by atomic mass is 10.0. The largest absolute Gasteiger partial charge is 0.494 e. The van der Waals surface area contributed by atoms with E-state index in [1.807, 2.05) is 37.3 Å². The Morgan fingerprint density at radius 2 is 1.53 bits per heavy atom. The fraction of sp³-hybridized carbons (Fsp3) is 0.154. The van der Waals surface area contributed by atoms with Crippen LogP contribution < -0.4 is 14.5 Å². The van der Waals surface area contributed by atoms with Gasteiger partial charge in [-0.1, -0.05) is 49.4 Å². The molecule has 1 aliphatic rings. The molecule has 0 aliphatic carbocycles. The summed E-state index contributed by atoms with van der Waals surface area (Å²) in [5, 5.41) is 0. The molecule has 0 fully saturated rings. The van der Waals surface area contributed by atoms with Crippen LogP contribution in [0.15, 0.2) is 84.6 Å². The first-order valence-electron chi connectivity index (χ1n) is 10.4. The summed E-state index contributed by atoms with van der Waals surface area (Å²) in [4.78, 5) is 29.6. The molecular formula is C26H23FN2O3. The van der Waals surface area contributed by atoms with Crippen molar-refractivity contribution >= 4 is 28.8 Å². The van der Waals surface area contributed by atoms with Crippen LogP contribution in [-0.2, 0) is 9.59 Å². The number of hydrogen-bond acceptors (Lipinski definition) is 4. The molecule has 4 rings (SSSR count). The van der Waals surface area contributed by atoms with Crippen molar-refractivity contribution in [3.05, 3.63) is 95.9 Å². The van der Waals surface area contributed by atoms with Crippen molar-refractivity contribution in [2.45, 2.75) is 13.3 Å². The zero-order valence-electron chi connectivity index (χ0n) is 17.9. The second-order valence-corrected chi connectivity index (χ2v) is 7.39. The Bertz CT molecular complexity index is 1170. The lowest BCUT2D eigenvalue weighted by molar-refractivity contribution is -0.120. The first kappa shape index (κ1) is 21.3. The highest BCUT2D eigenvalue weighted by Gasteiger charge is 2.43. The third-order valence-electron chi connectivity index (χ3n) is 5.25. The Morgan fingerprint density at radius 3 is 2.19 bits per heavy atom. The molecule has 0 saturated heterocycles. The van der Waals surface area contributed by atoms with Crippen molar-refractivity contribution in [2.24, 2.45) is 0 Å². The normalized spacial score (nSPS) is 13.7. The lowest BCUT2D eigenvalue weighted by Crippen LogP contribution is -2.34. The second kappa shape index (κ2) is 9.06. The summed E-state index contributed by atoms with van der Waals surface area (Å²) < 4.78 is 20.2. The predicted molar refractivity (Wildman–Crippen MR) is 123 cm³/mol. The number of imide groups is 1. The molecule has 1 aliphatic heterocycles. The van der Waals surface area contributed by atoms with Crippen LogP contribution in [0.2, 0.25) is 0 Å². The number of nitrogens with zero attached hydrogens (tertiary/aromatic N) is 2. The van der Waals surface area contributed by atoms with E-state index in [0.717, 1.165) is 17.0 Å². The van der Waals surface area contributed by atoms with E-state index in [1.165, 1.54) is 18.2 Å². The Hall–Kier alpha value is -3.93. The Balaban J connectivity index is 1.82. The molecule has 0 unspecified atom stereocenters. The van der Waals surface area contributed by atoms with Gasteiger partial charge in [0, 0.05) is 12.7 Å². The number of rotatable bonds is 7. The van der Waals surface area contributed by atoms with Gasteiger partial charge in [0.25, 0.3) is 11.8 Å². The molecule has 0 radical (unpaired) electrons. The number of carbonyl (C=O) groups excluding carboxylic acids is 2. The Labute approximate surface area is 186 Å². The number of hydrogen-bond donors (Lipinski definition) is 0. The van der Waals surface area contributed by atoms with Crippen LogP contribution in [0, 0.1) is 5.82 Å². The fourth-order valence-corrected chi connectivity index (χ4v) is 3.66. The smallest absolute Gasteiger partial charge is 0.282 e. The van der Waals surface area contributed by atoms with E-state index in [0.29, 0.717) is 17.9 Å². The SMILES string of the molecule is CCCOc1ccc(C2=C(N(C)c3ccccc3)C(=O)N(c3ccccc3F)C2=O)cc1. The molecule has 2 amide bonds. The minimum atomic E-state index is -0.638. The molecule has 162 valence electrons. The van der Waals surface area contributed by atoms with Crippen LogP contribution in [0.1, 0.15) is 18.9 Å². The topological polar surface area (TPSA) is 49.9 Å². The molecule has 32 heavy (non-hydrogen) atoms. The van der Waals surface area contributed by atoms with E-state index in [9.17, 15) is 14.0 Å². The average molecular weight is 430 g/mol. The molecule has 0 bridgehead atoms. The molecule has 0 saturated carbocycles. The van der Waals surface area contributed by atoms with Crippen LogP contribution in [-0.4, -0.2) is 25.5 Å². The highest BCUT2D eigenvalue weighted by Crippen LogP contribution is 2.37. The van der Waals surface area contributed by atoms with E-state index >= 15 is 0 Å². The summed E-state index contributed by atoms with van der Waals surface area (Å²) in [6, 6.07) is 22.0. The quantitative estimate of drug-likeness (QED) is 0.493. The van der Waals surface area contributed by atoms with Gasteiger partial charge in [0.2, 0.25) is 0 Å². The van der Waals surface area contributed by atoms with Gasteiger partial charge in [-0.05, 0) is 48.4 Å². The molecule has 3 aromatic rings. The number of amides is 2. The first-order chi connectivity index (χ1) is 15.5. The molecule has 0 atom stereocenters. The maximum atomic E-state index is 14.5. The van der Waals surface area contributed by atoms with Gasteiger partial charge in [-0.2, -0.15) is 0 Å². The van der Waals surface area contributed by atoms with Crippen LogP contribution in [0.3, 0.4) is 0 Å². The van der Waals surface area contributed by atoms with Gasteiger partial charge >= 0.3 is 0 Å². The van der Waals surface area contributed by atoms with Gasteiger partial charge in [-0.25, -0.2) is 9.29 Å². The summed E-state index contributed by atoms with van der Waals surface area (Å²) in [6.45, 7) is 2.60. The Kier molecular flexibility index (Phi) is 6.03. The summed E-state index contributed by atoms with van der Waals surface area (Å²) in [5.41, 5.74) is 1.63. The molecule has 0 aromatic heterocycles. The summed E-state index contributed by atoms with van der Waals surface area (Å²) in [5.74, 6) is -1.11.